The Hall–Kier alpha value is -3.61. The van der Waals surface area contributed by atoms with Crippen LogP contribution in [0.5, 0.6) is 11.5 Å². The molecule has 0 aliphatic carbocycles. The van der Waals surface area contributed by atoms with E-state index in [0.717, 1.165) is 5.56 Å². The molecule has 27 heavy (non-hydrogen) atoms. The Morgan fingerprint density at radius 2 is 1.93 bits per heavy atom. The molecule has 3 rings (SSSR count). The summed E-state index contributed by atoms with van der Waals surface area (Å²) >= 11 is 0. The van der Waals surface area contributed by atoms with Crippen molar-refractivity contribution in [3.63, 3.8) is 0 Å². The fourth-order valence-corrected chi connectivity index (χ4v) is 2.43. The third-order valence-electron chi connectivity index (χ3n) is 3.82. The Labute approximate surface area is 155 Å². The summed E-state index contributed by atoms with van der Waals surface area (Å²) in [6.07, 6.45) is 0. The van der Waals surface area contributed by atoms with E-state index >= 15 is 0 Å². The van der Waals surface area contributed by atoms with Gasteiger partial charge in [0.05, 0.1) is 12.2 Å². The van der Waals surface area contributed by atoms with Gasteiger partial charge in [-0.2, -0.15) is 5.10 Å². The van der Waals surface area contributed by atoms with Crippen molar-refractivity contribution in [3.05, 3.63) is 82.3 Å². The van der Waals surface area contributed by atoms with E-state index in [-0.39, 0.29) is 35.8 Å². The van der Waals surface area contributed by atoms with Crippen molar-refractivity contribution in [1.29, 1.82) is 0 Å². The van der Waals surface area contributed by atoms with E-state index in [1.165, 1.54) is 16.8 Å². The normalized spacial score (nSPS) is 10.4. The number of hydrogen-bond acceptors (Lipinski definition) is 5. The number of carbonyl (C=O) groups is 1. The molecule has 0 spiro atoms. The summed E-state index contributed by atoms with van der Waals surface area (Å²) < 4.78 is 6.73. The summed E-state index contributed by atoms with van der Waals surface area (Å²) in [7, 11) is 0. The molecular weight excluding hydrogens is 346 g/mol. The second kappa shape index (κ2) is 8.18. The average molecular weight is 365 g/mol. The Bertz CT molecular complexity index is 1000. The van der Waals surface area contributed by atoms with Crippen LogP contribution in [0.1, 0.15) is 16.1 Å². The summed E-state index contributed by atoms with van der Waals surface area (Å²) in [5.41, 5.74) is 0.879. The summed E-state index contributed by atoms with van der Waals surface area (Å²) in [6, 6.07) is 16.8. The van der Waals surface area contributed by atoms with Gasteiger partial charge >= 0.3 is 0 Å². The van der Waals surface area contributed by atoms with Crippen LogP contribution < -0.4 is 15.6 Å². The van der Waals surface area contributed by atoms with Crippen LogP contribution in [-0.2, 0) is 6.54 Å². The number of aryl methyl sites for hydroxylation is 1. The average Bonchev–Trinajstić information content (AvgIpc) is 2.66. The van der Waals surface area contributed by atoms with Gasteiger partial charge in [0.15, 0.2) is 0 Å². The highest BCUT2D eigenvalue weighted by Crippen LogP contribution is 2.24. The molecule has 0 aliphatic rings. The molecule has 3 aromatic rings. The van der Waals surface area contributed by atoms with Crippen molar-refractivity contribution in [1.82, 2.24) is 9.78 Å². The number of carbonyl (C=O) groups excluding carboxylic acids is 1. The van der Waals surface area contributed by atoms with Crippen LogP contribution in [0.2, 0.25) is 0 Å². The molecule has 0 radical (unpaired) electrons. The number of para-hydroxylation sites is 1. The van der Waals surface area contributed by atoms with Crippen molar-refractivity contribution in [2.45, 2.75) is 13.5 Å². The molecule has 0 aliphatic heterocycles. The molecular formula is C20H19N3O4. The largest absolute Gasteiger partial charge is 0.506 e. The standard InChI is InChI=1S/C20H19N3O4/c1-14-7-8-16(18(24)13-14)21-20(26)17-9-10-19(25)23(22-17)11-12-27-15-5-3-2-4-6-15/h2-10,13,24H,11-12H2,1H3,(H,21,26). The van der Waals surface area contributed by atoms with Gasteiger partial charge in [-0.25, -0.2) is 4.68 Å². The molecule has 2 N–H and O–H groups in total. The van der Waals surface area contributed by atoms with Crippen LogP contribution >= 0.6 is 0 Å². The van der Waals surface area contributed by atoms with Crippen LogP contribution in [0.15, 0.2) is 65.5 Å². The third-order valence-corrected chi connectivity index (χ3v) is 3.82. The maximum atomic E-state index is 12.4. The summed E-state index contributed by atoms with van der Waals surface area (Å²) in [4.78, 5) is 24.3. The molecule has 0 fully saturated rings. The predicted octanol–water partition coefficient (Wildman–Crippen LogP) is 2.59. The molecule has 0 saturated heterocycles. The zero-order valence-corrected chi connectivity index (χ0v) is 14.8. The number of aromatic hydroxyl groups is 1. The number of benzene rings is 2. The number of phenolic OH excluding ortho intramolecular Hbond substituents is 1. The number of anilines is 1. The number of nitrogens with zero attached hydrogens (tertiary/aromatic N) is 2. The van der Waals surface area contributed by atoms with E-state index in [9.17, 15) is 14.7 Å². The van der Waals surface area contributed by atoms with Gasteiger partial charge in [0.2, 0.25) is 0 Å². The predicted molar refractivity (Wildman–Crippen MR) is 101 cm³/mol. The molecule has 0 saturated carbocycles. The maximum Gasteiger partial charge on any atom is 0.276 e. The fraction of sp³-hybridized carbons (Fsp3) is 0.150. The lowest BCUT2D eigenvalue weighted by Gasteiger charge is -2.10. The molecule has 1 amide bonds. The van der Waals surface area contributed by atoms with Gasteiger partial charge in [0.25, 0.3) is 11.5 Å². The zero-order chi connectivity index (χ0) is 19.2. The van der Waals surface area contributed by atoms with Crippen molar-refractivity contribution in [3.8, 4) is 11.5 Å². The van der Waals surface area contributed by atoms with Gasteiger partial charge in [0.1, 0.15) is 23.8 Å². The first-order chi connectivity index (χ1) is 13.0. The second-order valence-corrected chi connectivity index (χ2v) is 5.92. The Morgan fingerprint density at radius 3 is 2.67 bits per heavy atom. The first kappa shape index (κ1) is 18.2. The molecule has 2 aromatic carbocycles. The van der Waals surface area contributed by atoms with Gasteiger partial charge in [-0.05, 0) is 42.8 Å². The molecule has 0 bridgehead atoms. The number of hydrogen-bond donors (Lipinski definition) is 2. The monoisotopic (exact) mass is 365 g/mol. The second-order valence-electron chi connectivity index (χ2n) is 5.92. The van der Waals surface area contributed by atoms with Gasteiger partial charge in [-0.3, -0.25) is 9.59 Å². The highest BCUT2D eigenvalue weighted by molar-refractivity contribution is 6.03. The van der Waals surface area contributed by atoms with E-state index in [1.54, 1.807) is 18.2 Å². The molecule has 0 unspecified atom stereocenters. The summed E-state index contributed by atoms with van der Waals surface area (Å²) in [5.74, 6) is 0.133. The zero-order valence-electron chi connectivity index (χ0n) is 14.8. The lowest BCUT2D eigenvalue weighted by atomic mass is 10.2. The molecule has 0 atom stereocenters. The van der Waals surface area contributed by atoms with Gasteiger partial charge < -0.3 is 15.2 Å². The molecule has 7 heteroatoms. The van der Waals surface area contributed by atoms with E-state index in [2.05, 4.69) is 10.4 Å². The summed E-state index contributed by atoms with van der Waals surface area (Å²) in [5, 5.41) is 16.6. The van der Waals surface area contributed by atoms with Crippen LogP contribution in [0, 0.1) is 6.92 Å². The van der Waals surface area contributed by atoms with Crippen LogP contribution in [0.4, 0.5) is 5.69 Å². The van der Waals surface area contributed by atoms with E-state index in [0.29, 0.717) is 5.75 Å². The Morgan fingerprint density at radius 1 is 1.15 bits per heavy atom. The SMILES string of the molecule is Cc1ccc(NC(=O)c2ccc(=O)n(CCOc3ccccc3)n2)c(O)c1. The third kappa shape index (κ3) is 4.72. The Balaban J connectivity index is 1.68. The number of aromatic nitrogens is 2. The highest BCUT2D eigenvalue weighted by Gasteiger charge is 2.12. The first-order valence-corrected chi connectivity index (χ1v) is 8.40. The van der Waals surface area contributed by atoms with Gasteiger partial charge in [-0.1, -0.05) is 24.3 Å². The number of amides is 1. The van der Waals surface area contributed by atoms with E-state index in [1.807, 2.05) is 37.3 Å². The van der Waals surface area contributed by atoms with Gasteiger partial charge in [-0.15, -0.1) is 0 Å². The lowest BCUT2D eigenvalue weighted by molar-refractivity contribution is 0.101. The number of rotatable bonds is 6. The van der Waals surface area contributed by atoms with E-state index in [4.69, 9.17) is 4.74 Å². The van der Waals surface area contributed by atoms with Crippen LogP contribution in [0.25, 0.3) is 0 Å². The topological polar surface area (TPSA) is 93.5 Å². The van der Waals surface area contributed by atoms with Crippen molar-refractivity contribution < 1.29 is 14.6 Å². The number of phenols is 1. The minimum Gasteiger partial charge on any atom is -0.506 e. The fourth-order valence-electron chi connectivity index (χ4n) is 2.43. The van der Waals surface area contributed by atoms with Crippen molar-refractivity contribution in [2.75, 3.05) is 11.9 Å². The molecule has 7 nitrogen and oxygen atoms in total. The lowest BCUT2D eigenvalue weighted by Crippen LogP contribution is -2.28. The summed E-state index contributed by atoms with van der Waals surface area (Å²) in [6.45, 7) is 2.27. The first-order valence-electron chi connectivity index (χ1n) is 8.40. The van der Waals surface area contributed by atoms with Crippen LogP contribution in [-0.4, -0.2) is 27.4 Å². The minimum absolute atomic E-state index is 0.0343. The van der Waals surface area contributed by atoms with Crippen molar-refractivity contribution >= 4 is 11.6 Å². The minimum atomic E-state index is -0.521. The molecule has 1 aromatic heterocycles. The van der Waals surface area contributed by atoms with Crippen molar-refractivity contribution in [2.24, 2.45) is 0 Å². The van der Waals surface area contributed by atoms with E-state index < -0.39 is 5.91 Å². The van der Waals surface area contributed by atoms with Gasteiger partial charge in [0, 0.05) is 6.07 Å². The Kier molecular flexibility index (Phi) is 5.51. The highest BCUT2D eigenvalue weighted by atomic mass is 16.5. The smallest absolute Gasteiger partial charge is 0.276 e. The molecule has 1 heterocycles. The number of nitrogens with one attached hydrogen (secondary N) is 1. The number of ether oxygens (including phenoxy) is 1. The quantitative estimate of drug-likeness (QED) is 0.655. The molecule has 138 valence electrons. The van der Waals surface area contributed by atoms with Crippen LogP contribution in [0.3, 0.4) is 0 Å². The maximum absolute atomic E-state index is 12.4.